The fourth-order valence-corrected chi connectivity index (χ4v) is 6.71. The molecule has 6 rings (SSSR count). The molecule has 10 heteroatoms. The Morgan fingerprint density at radius 3 is 2.55 bits per heavy atom. The number of ether oxygens (including phenoxy) is 1. The molecule has 1 fully saturated rings. The van der Waals surface area contributed by atoms with E-state index in [9.17, 15) is 12.8 Å². The predicted octanol–water partition coefficient (Wildman–Crippen LogP) is 5.53. The quantitative estimate of drug-likeness (QED) is 0.272. The molecule has 40 heavy (non-hydrogen) atoms. The van der Waals surface area contributed by atoms with Gasteiger partial charge in [-0.3, -0.25) is 4.68 Å². The molecule has 4 heterocycles. The van der Waals surface area contributed by atoms with Crippen LogP contribution in [0.25, 0.3) is 33.3 Å². The number of nitrogens with zero attached hydrogens (tertiary/aromatic N) is 5. The summed E-state index contributed by atoms with van der Waals surface area (Å²) >= 11 is 0. The van der Waals surface area contributed by atoms with Crippen LogP contribution in [0.2, 0.25) is 0 Å². The minimum absolute atomic E-state index is 0.145. The highest BCUT2D eigenvalue weighted by Crippen LogP contribution is 2.37. The standard InChI is InChI=1S/C30H30FN5O3S/c1-20-9-11-25(12-10-20)40(37,38)36-19-27(21-6-4-7-23(31)14-21)26-15-22(16-32-29(26)36)28-18-35(33-30(28)39-3)24-8-5-13-34(2)17-24/h4,6-7,9-12,14-16,18-19,24H,5,8,13,17H2,1-3H3. The summed E-state index contributed by atoms with van der Waals surface area (Å²) in [5.74, 6) is 0.0534. The number of piperidine rings is 1. The van der Waals surface area contributed by atoms with Crippen molar-refractivity contribution in [2.75, 3.05) is 27.2 Å². The minimum Gasteiger partial charge on any atom is -0.479 e. The van der Waals surface area contributed by atoms with Crippen LogP contribution >= 0.6 is 0 Å². The van der Waals surface area contributed by atoms with Crippen LogP contribution in [0.3, 0.4) is 0 Å². The molecule has 1 saturated heterocycles. The second-order valence-electron chi connectivity index (χ2n) is 10.4. The van der Waals surface area contributed by atoms with E-state index >= 15 is 0 Å². The van der Waals surface area contributed by atoms with E-state index < -0.39 is 15.8 Å². The first kappa shape index (κ1) is 26.2. The van der Waals surface area contributed by atoms with Gasteiger partial charge >= 0.3 is 0 Å². The largest absolute Gasteiger partial charge is 0.479 e. The normalized spacial score (nSPS) is 16.4. The SMILES string of the molecule is COc1nn(C2CCCN(C)C2)cc1-c1cnc2c(c1)c(-c1cccc(F)c1)cn2S(=O)(=O)c1ccc(C)cc1. The molecule has 206 valence electrons. The van der Waals surface area contributed by atoms with Crippen molar-refractivity contribution in [2.24, 2.45) is 0 Å². The van der Waals surface area contributed by atoms with Crippen molar-refractivity contribution in [2.45, 2.75) is 30.7 Å². The lowest BCUT2D eigenvalue weighted by atomic mass is 10.0. The topological polar surface area (TPSA) is 82.2 Å². The van der Waals surface area contributed by atoms with Crippen LogP contribution in [0.15, 0.2) is 78.1 Å². The molecular weight excluding hydrogens is 529 g/mol. The summed E-state index contributed by atoms with van der Waals surface area (Å²) < 4.78 is 50.5. The maximum Gasteiger partial charge on any atom is 0.269 e. The van der Waals surface area contributed by atoms with Crippen molar-refractivity contribution in [3.05, 3.63) is 84.6 Å². The maximum atomic E-state index is 14.3. The van der Waals surface area contributed by atoms with E-state index in [0.717, 1.165) is 42.6 Å². The summed E-state index contributed by atoms with van der Waals surface area (Å²) in [6, 6.07) is 14.9. The summed E-state index contributed by atoms with van der Waals surface area (Å²) in [6.45, 7) is 3.86. The van der Waals surface area contributed by atoms with Crippen molar-refractivity contribution in [3.63, 3.8) is 0 Å². The monoisotopic (exact) mass is 559 g/mol. The minimum atomic E-state index is -3.97. The molecule has 0 N–H and O–H groups in total. The summed E-state index contributed by atoms with van der Waals surface area (Å²) in [5.41, 5.74) is 3.79. The Kier molecular flexibility index (Phi) is 6.67. The van der Waals surface area contributed by atoms with Gasteiger partial charge in [0.1, 0.15) is 5.82 Å². The number of likely N-dealkylation sites (tertiary alicyclic amines) is 1. The fraction of sp³-hybridized carbons (Fsp3) is 0.267. The molecule has 1 aliphatic heterocycles. The van der Waals surface area contributed by atoms with Crippen molar-refractivity contribution in [1.82, 2.24) is 23.6 Å². The number of rotatable bonds is 6. The Morgan fingerprint density at radius 2 is 1.82 bits per heavy atom. The zero-order valence-electron chi connectivity index (χ0n) is 22.6. The highest BCUT2D eigenvalue weighted by molar-refractivity contribution is 7.90. The smallest absolute Gasteiger partial charge is 0.269 e. The van der Waals surface area contributed by atoms with Gasteiger partial charge in [0.15, 0.2) is 5.65 Å². The van der Waals surface area contributed by atoms with Gasteiger partial charge in [-0.15, -0.1) is 5.10 Å². The number of pyridine rings is 1. The number of methoxy groups -OCH3 is 1. The lowest BCUT2D eigenvalue weighted by Crippen LogP contribution is -2.33. The average molecular weight is 560 g/mol. The Morgan fingerprint density at radius 1 is 1.02 bits per heavy atom. The molecule has 0 radical (unpaired) electrons. The second kappa shape index (κ2) is 10.2. The number of hydrogen-bond acceptors (Lipinski definition) is 6. The Balaban J connectivity index is 1.52. The van der Waals surface area contributed by atoms with Crippen LogP contribution < -0.4 is 4.74 Å². The third kappa shape index (κ3) is 4.67. The first-order valence-electron chi connectivity index (χ1n) is 13.2. The summed E-state index contributed by atoms with van der Waals surface area (Å²) in [7, 11) is -0.284. The number of halogens is 1. The van der Waals surface area contributed by atoms with Gasteiger partial charge < -0.3 is 9.64 Å². The Bertz CT molecular complexity index is 1810. The van der Waals surface area contributed by atoms with E-state index in [2.05, 4.69) is 16.9 Å². The average Bonchev–Trinajstić information content (AvgIpc) is 3.55. The first-order valence-corrected chi connectivity index (χ1v) is 14.6. The van der Waals surface area contributed by atoms with E-state index in [1.165, 1.54) is 22.3 Å². The Labute approximate surface area is 232 Å². The van der Waals surface area contributed by atoms with E-state index in [1.807, 2.05) is 23.9 Å². The zero-order valence-corrected chi connectivity index (χ0v) is 23.4. The number of likely N-dealkylation sites (N-methyl/N-ethyl adjacent to an activating group) is 1. The van der Waals surface area contributed by atoms with E-state index in [1.54, 1.807) is 49.7 Å². The third-order valence-electron chi connectivity index (χ3n) is 7.50. The molecule has 3 aromatic heterocycles. The molecule has 0 saturated carbocycles. The fourth-order valence-electron chi connectivity index (χ4n) is 5.39. The number of hydrogen-bond donors (Lipinski definition) is 0. The lowest BCUT2D eigenvalue weighted by Gasteiger charge is -2.29. The molecule has 0 spiro atoms. The lowest BCUT2D eigenvalue weighted by molar-refractivity contribution is 0.200. The highest BCUT2D eigenvalue weighted by atomic mass is 32.2. The van der Waals surface area contributed by atoms with Gasteiger partial charge in [-0.2, -0.15) is 0 Å². The molecule has 1 unspecified atom stereocenters. The number of aryl methyl sites for hydroxylation is 1. The first-order chi connectivity index (χ1) is 19.2. The molecule has 5 aromatic rings. The molecule has 1 aliphatic rings. The van der Waals surface area contributed by atoms with Crippen molar-refractivity contribution in [1.29, 1.82) is 0 Å². The van der Waals surface area contributed by atoms with Gasteiger partial charge in [-0.1, -0.05) is 29.8 Å². The van der Waals surface area contributed by atoms with Crippen LogP contribution in [0.4, 0.5) is 4.39 Å². The maximum absolute atomic E-state index is 14.3. The van der Waals surface area contributed by atoms with Crippen molar-refractivity contribution < 1.29 is 17.5 Å². The van der Waals surface area contributed by atoms with Crippen LogP contribution in [0.5, 0.6) is 5.88 Å². The molecular formula is C30H30FN5O3S. The van der Waals surface area contributed by atoms with Crippen LogP contribution in [0, 0.1) is 12.7 Å². The van der Waals surface area contributed by atoms with Crippen LogP contribution in [-0.2, 0) is 10.0 Å². The van der Waals surface area contributed by atoms with Crippen LogP contribution in [0.1, 0.15) is 24.4 Å². The van der Waals surface area contributed by atoms with Gasteiger partial charge in [-0.25, -0.2) is 21.8 Å². The molecule has 0 aliphatic carbocycles. The Hall–Kier alpha value is -4.02. The highest BCUT2D eigenvalue weighted by Gasteiger charge is 2.26. The number of fused-ring (bicyclic) bond motifs is 1. The number of benzene rings is 2. The molecule has 1 atom stereocenters. The molecule has 0 amide bonds. The predicted molar refractivity (Wildman–Crippen MR) is 152 cm³/mol. The van der Waals surface area contributed by atoms with Gasteiger partial charge in [0.25, 0.3) is 10.0 Å². The summed E-state index contributed by atoms with van der Waals surface area (Å²) in [6.07, 6.45) is 7.23. The van der Waals surface area contributed by atoms with Gasteiger partial charge in [0, 0.05) is 41.6 Å². The van der Waals surface area contributed by atoms with Crippen LogP contribution in [-0.4, -0.2) is 59.3 Å². The van der Waals surface area contributed by atoms with E-state index in [0.29, 0.717) is 22.4 Å². The van der Waals surface area contributed by atoms with Gasteiger partial charge in [0.05, 0.1) is 23.6 Å². The molecule has 2 aromatic carbocycles. The van der Waals surface area contributed by atoms with E-state index in [4.69, 9.17) is 9.84 Å². The zero-order chi connectivity index (χ0) is 28.0. The van der Waals surface area contributed by atoms with E-state index in [-0.39, 0.29) is 16.6 Å². The molecule has 0 bridgehead atoms. The summed E-state index contributed by atoms with van der Waals surface area (Å²) in [4.78, 5) is 7.07. The third-order valence-corrected chi connectivity index (χ3v) is 9.17. The van der Waals surface area contributed by atoms with Crippen molar-refractivity contribution >= 4 is 21.1 Å². The van der Waals surface area contributed by atoms with Crippen molar-refractivity contribution in [3.8, 4) is 28.1 Å². The van der Waals surface area contributed by atoms with Gasteiger partial charge in [-0.05, 0) is 69.3 Å². The van der Waals surface area contributed by atoms with Gasteiger partial charge in [0.2, 0.25) is 5.88 Å². The summed E-state index contributed by atoms with van der Waals surface area (Å²) in [5, 5.41) is 5.29. The number of aromatic nitrogens is 4. The molecule has 8 nitrogen and oxygen atoms in total. The second-order valence-corrected chi connectivity index (χ2v) is 12.2.